The van der Waals surface area contributed by atoms with Crippen LogP contribution in [0.25, 0.3) is 0 Å². The van der Waals surface area contributed by atoms with Gasteiger partial charge in [0.05, 0.1) is 11.7 Å². The Labute approximate surface area is 108 Å². The molecule has 0 aliphatic rings. The smallest absolute Gasteiger partial charge is 0.0720 e. The highest BCUT2D eigenvalue weighted by molar-refractivity contribution is 5.29. The number of aromatic nitrogens is 2. The Bertz CT molecular complexity index is 502. The number of aryl methyl sites for hydroxylation is 1. The summed E-state index contributed by atoms with van der Waals surface area (Å²) in [5, 5.41) is 4.21. The van der Waals surface area contributed by atoms with E-state index in [9.17, 15) is 0 Å². The molecule has 0 amide bonds. The van der Waals surface area contributed by atoms with Gasteiger partial charge in [-0.1, -0.05) is 44.2 Å². The van der Waals surface area contributed by atoms with Crippen molar-refractivity contribution in [2.24, 2.45) is 12.9 Å². The fourth-order valence-corrected chi connectivity index (χ4v) is 2.37. The highest BCUT2D eigenvalue weighted by Gasteiger charge is 2.33. The molecule has 4 nitrogen and oxygen atoms in total. The largest absolute Gasteiger partial charge is 0.271 e. The minimum absolute atomic E-state index is 0.00685. The molecule has 0 aliphatic carbocycles. The predicted octanol–water partition coefficient (Wildman–Crippen LogP) is 1.90. The van der Waals surface area contributed by atoms with Crippen molar-refractivity contribution < 1.29 is 0 Å². The van der Waals surface area contributed by atoms with Gasteiger partial charge in [0.15, 0.2) is 0 Å². The minimum atomic E-state index is -0.121. The van der Waals surface area contributed by atoms with Gasteiger partial charge in [-0.3, -0.25) is 16.0 Å². The van der Waals surface area contributed by atoms with Crippen molar-refractivity contribution in [2.45, 2.75) is 25.3 Å². The minimum Gasteiger partial charge on any atom is -0.271 e. The number of benzene rings is 1. The normalized spacial score (nSPS) is 13.6. The van der Waals surface area contributed by atoms with Gasteiger partial charge in [0.25, 0.3) is 0 Å². The van der Waals surface area contributed by atoms with Gasteiger partial charge in [0, 0.05) is 18.7 Å². The molecule has 2 aromatic rings. The third-order valence-electron chi connectivity index (χ3n) is 3.56. The van der Waals surface area contributed by atoms with E-state index in [1.807, 2.05) is 36.0 Å². The van der Waals surface area contributed by atoms with Gasteiger partial charge < -0.3 is 0 Å². The SMILES string of the molecule is Cn1nccc1C(NN)C(C)(C)c1ccccc1. The van der Waals surface area contributed by atoms with Gasteiger partial charge in [0.2, 0.25) is 0 Å². The first kappa shape index (κ1) is 12.8. The monoisotopic (exact) mass is 244 g/mol. The van der Waals surface area contributed by atoms with Crippen LogP contribution in [0.3, 0.4) is 0 Å². The van der Waals surface area contributed by atoms with Crippen LogP contribution >= 0.6 is 0 Å². The maximum atomic E-state index is 5.77. The number of nitrogens with zero attached hydrogens (tertiary/aromatic N) is 2. The summed E-state index contributed by atoms with van der Waals surface area (Å²) in [6.45, 7) is 4.36. The van der Waals surface area contributed by atoms with Gasteiger partial charge >= 0.3 is 0 Å². The van der Waals surface area contributed by atoms with Crippen LogP contribution in [0.5, 0.6) is 0 Å². The summed E-state index contributed by atoms with van der Waals surface area (Å²) < 4.78 is 1.86. The lowest BCUT2D eigenvalue weighted by Gasteiger charge is -2.34. The molecule has 0 aliphatic heterocycles. The van der Waals surface area contributed by atoms with Crippen LogP contribution in [-0.2, 0) is 12.5 Å². The summed E-state index contributed by atoms with van der Waals surface area (Å²) in [5.41, 5.74) is 5.12. The van der Waals surface area contributed by atoms with Crippen molar-refractivity contribution in [1.82, 2.24) is 15.2 Å². The number of hydrogen-bond donors (Lipinski definition) is 2. The van der Waals surface area contributed by atoms with Gasteiger partial charge in [-0.2, -0.15) is 5.10 Å². The van der Waals surface area contributed by atoms with E-state index in [0.29, 0.717) is 0 Å². The van der Waals surface area contributed by atoms with E-state index in [2.05, 4.69) is 36.5 Å². The molecule has 1 unspecified atom stereocenters. The lowest BCUT2D eigenvalue weighted by Crippen LogP contribution is -2.42. The molecule has 3 N–H and O–H groups in total. The third-order valence-corrected chi connectivity index (χ3v) is 3.56. The van der Waals surface area contributed by atoms with Crippen molar-refractivity contribution in [3.05, 3.63) is 53.9 Å². The lowest BCUT2D eigenvalue weighted by molar-refractivity contribution is 0.336. The van der Waals surface area contributed by atoms with Gasteiger partial charge in [-0.05, 0) is 11.6 Å². The van der Waals surface area contributed by atoms with Gasteiger partial charge in [-0.15, -0.1) is 0 Å². The zero-order chi connectivity index (χ0) is 13.2. The standard InChI is InChI=1S/C14H20N4/c1-14(2,11-7-5-4-6-8-11)13(17-15)12-9-10-16-18(12)3/h4-10,13,17H,15H2,1-3H3. The maximum Gasteiger partial charge on any atom is 0.0720 e. The highest BCUT2D eigenvalue weighted by atomic mass is 15.3. The molecule has 0 fully saturated rings. The molecule has 0 bridgehead atoms. The van der Waals surface area contributed by atoms with E-state index in [0.717, 1.165) is 5.69 Å². The van der Waals surface area contributed by atoms with Crippen LogP contribution in [-0.4, -0.2) is 9.78 Å². The number of hydrogen-bond acceptors (Lipinski definition) is 3. The molecule has 4 heteroatoms. The Kier molecular flexibility index (Phi) is 3.50. The third kappa shape index (κ3) is 2.17. The first-order valence-electron chi connectivity index (χ1n) is 6.07. The fourth-order valence-electron chi connectivity index (χ4n) is 2.37. The second-order valence-electron chi connectivity index (χ2n) is 5.07. The van der Waals surface area contributed by atoms with Crippen molar-refractivity contribution in [3.8, 4) is 0 Å². The van der Waals surface area contributed by atoms with Crippen molar-refractivity contribution in [2.75, 3.05) is 0 Å². The molecular formula is C14H20N4. The molecule has 18 heavy (non-hydrogen) atoms. The molecule has 1 aromatic carbocycles. The number of rotatable bonds is 4. The van der Waals surface area contributed by atoms with Crippen LogP contribution in [0, 0.1) is 0 Å². The molecule has 1 heterocycles. The predicted molar refractivity (Wildman–Crippen MR) is 72.7 cm³/mol. The number of hydrazine groups is 1. The second-order valence-corrected chi connectivity index (χ2v) is 5.07. The van der Waals surface area contributed by atoms with Crippen LogP contribution in [0.1, 0.15) is 31.1 Å². The van der Waals surface area contributed by atoms with Crippen LogP contribution in [0.15, 0.2) is 42.6 Å². The van der Waals surface area contributed by atoms with E-state index in [-0.39, 0.29) is 11.5 Å². The zero-order valence-electron chi connectivity index (χ0n) is 11.1. The second kappa shape index (κ2) is 4.92. The Morgan fingerprint density at radius 2 is 1.89 bits per heavy atom. The van der Waals surface area contributed by atoms with E-state index >= 15 is 0 Å². The number of nitrogens with two attached hydrogens (primary N) is 1. The number of nitrogens with one attached hydrogen (secondary N) is 1. The van der Waals surface area contributed by atoms with Crippen LogP contribution < -0.4 is 11.3 Å². The average molecular weight is 244 g/mol. The summed E-state index contributed by atoms with van der Waals surface area (Å²) in [6, 6.07) is 12.4. The lowest BCUT2D eigenvalue weighted by atomic mass is 9.76. The van der Waals surface area contributed by atoms with Gasteiger partial charge in [-0.25, -0.2) is 0 Å². The molecule has 0 radical (unpaired) electrons. The fraction of sp³-hybridized carbons (Fsp3) is 0.357. The van der Waals surface area contributed by atoms with Crippen molar-refractivity contribution in [1.29, 1.82) is 0 Å². The summed E-state index contributed by atoms with van der Waals surface area (Å²) >= 11 is 0. The molecule has 0 saturated carbocycles. The summed E-state index contributed by atoms with van der Waals surface area (Å²) in [7, 11) is 1.93. The molecular weight excluding hydrogens is 224 g/mol. The zero-order valence-corrected chi connectivity index (χ0v) is 11.1. The van der Waals surface area contributed by atoms with Crippen molar-refractivity contribution >= 4 is 0 Å². The quantitative estimate of drug-likeness (QED) is 0.638. The molecule has 96 valence electrons. The van der Waals surface area contributed by atoms with E-state index in [1.54, 1.807) is 6.20 Å². The average Bonchev–Trinajstić information content (AvgIpc) is 2.78. The van der Waals surface area contributed by atoms with E-state index in [1.165, 1.54) is 5.56 Å². The Balaban J connectivity index is 2.42. The Morgan fingerprint density at radius 1 is 1.22 bits per heavy atom. The van der Waals surface area contributed by atoms with Crippen LogP contribution in [0.2, 0.25) is 0 Å². The van der Waals surface area contributed by atoms with Crippen LogP contribution in [0.4, 0.5) is 0 Å². The Morgan fingerprint density at radius 3 is 2.39 bits per heavy atom. The first-order chi connectivity index (χ1) is 8.57. The summed E-state index contributed by atoms with van der Waals surface area (Å²) in [6.07, 6.45) is 1.79. The first-order valence-corrected chi connectivity index (χ1v) is 6.07. The van der Waals surface area contributed by atoms with E-state index in [4.69, 9.17) is 5.84 Å². The molecule has 0 saturated heterocycles. The maximum absolute atomic E-state index is 5.77. The molecule has 2 rings (SSSR count). The molecule has 1 aromatic heterocycles. The highest BCUT2D eigenvalue weighted by Crippen LogP contribution is 2.35. The molecule has 1 atom stereocenters. The topological polar surface area (TPSA) is 55.9 Å². The van der Waals surface area contributed by atoms with Crippen molar-refractivity contribution in [3.63, 3.8) is 0 Å². The Hall–Kier alpha value is -1.65. The summed E-state index contributed by atoms with van der Waals surface area (Å²) in [5.74, 6) is 5.77. The van der Waals surface area contributed by atoms with E-state index < -0.39 is 0 Å². The molecule has 0 spiro atoms. The summed E-state index contributed by atoms with van der Waals surface area (Å²) in [4.78, 5) is 0. The van der Waals surface area contributed by atoms with Gasteiger partial charge in [0.1, 0.15) is 0 Å².